The first kappa shape index (κ1) is 14.1. The van der Waals surface area contributed by atoms with E-state index >= 15 is 0 Å². The van der Waals surface area contributed by atoms with Crippen molar-refractivity contribution in [2.24, 2.45) is 0 Å². The third kappa shape index (κ3) is 2.81. The molecule has 1 aromatic carbocycles. The lowest BCUT2D eigenvalue weighted by atomic mass is 10.2. The third-order valence-electron chi connectivity index (χ3n) is 3.22. The third-order valence-corrected chi connectivity index (χ3v) is 3.22. The van der Waals surface area contributed by atoms with E-state index in [1.54, 1.807) is 31.0 Å². The molecule has 1 saturated heterocycles. The largest absolute Gasteiger partial charge is 0.487 e. The number of nitro groups is 1. The minimum Gasteiger partial charge on any atom is -0.487 e. The Kier molecular flexibility index (Phi) is 4.07. The standard InChI is InChI=1S/C13H17N3O4/c1-3-20-12-8-9(4-5-11(12)16(18)19)14-10-6-7-15(2)13(10)17/h4-5,8,10,14H,3,6-7H2,1-2H3. The van der Waals surface area contributed by atoms with Crippen LogP contribution in [-0.2, 0) is 4.79 Å². The van der Waals surface area contributed by atoms with Crippen LogP contribution in [0.25, 0.3) is 0 Å². The summed E-state index contributed by atoms with van der Waals surface area (Å²) >= 11 is 0. The number of hydrogen-bond acceptors (Lipinski definition) is 5. The number of anilines is 1. The van der Waals surface area contributed by atoms with E-state index in [-0.39, 0.29) is 23.4 Å². The molecule has 1 aliphatic rings. The number of nitrogens with zero attached hydrogens (tertiary/aromatic N) is 2. The molecule has 0 radical (unpaired) electrons. The summed E-state index contributed by atoms with van der Waals surface area (Å²) < 4.78 is 5.27. The molecule has 0 aliphatic carbocycles. The Bertz CT molecular complexity index is 532. The van der Waals surface area contributed by atoms with Gasteiger partial charge in [0.25, 0.3) is 0 Å². The highest BCUT2D eigenvalue weighted by Crippen LogP contribution is 2.30. The van der Waals surface area contributed by atoms with E-state index in [2.05, 4.69) is 5.32 Å². The summed E-state index contributed by atoms with van der Waals surface area (Å²) in [5, 5.41) is 14.0. The van der Waals surface area contributed by atoms with Crippen molar-refractivity contribution in [3.63, 3.8) is 0 Å². The lowest BCUT2D eigenvalue weighted by Crippen LogP contribution is -2.30. The second-order valence-corrected chi connectivity index (χ2v) is 4.62. The predicted molar refractivity (Wildman–Crippen MR) is 73.9 cm³/mol. The van der Waals surface area contributed by atoms with E-state index < -0.39 is 4.92 Å². The molecular weight excluding hydrogens is 262 g/mol. The monoisotopic (exact) mass is 279 g/mol. The molecule has 0 aromatic heterocycles. The highest BCUT2D eigenvalue weighted by molar-refractivity contribution is 5.86. The zero-order valence-corrected chi connectivity index (χ0v) is 11.5. The molecule has 7 nitrogen and oxygen atoms in total. The van der Waals surface area contributed by atoms with Crippen LogP contribution in [0.3, 0.4) is 0 Å². The Morgan fingerprint density at radius 3 is 2.85 bits per heavy atom. The molecule has 0 saturated carbocycles. The Morgan fingerprint density at radius 1 is 1.55 bits per heavy atom. The summed E-state index contributed by atoms with van der Waals surface area (Å²) in [5.41, 5.74) is 0.569. The van der Waals surface area contributed by atoms with Gasteiger partial charge in [0.2, 0.25) is 5.91 Å². The fraction of sp³-hybridized carbons (Fsp3) is 0.462. The molecule has 1 N–H and O–H groups in total. The van der Waals surface area contributed by atoms with Gasteiger partial charge in [-0.1, -0.05) is 0 Å². The van der Waals surface area contributed by atoms with E-state index in [0.29, 0.717) is 18.8 Å². The first-order chi connectivity index (χ1) is 9.52. The van der Waals surface area contributed by atoms with Gasteiger partial charge in [-0.25, -0.2) is 0 Å². The summed E-state index contributed by atoms with van der Waals surface area (Å²) in [7, 11) is 1.76. The van der Waals surface area contributed by atoms with Crippen LogP contribution in [0, 0.1) is 10.1 Å². The number of ether oxygens (including phenoxy) is 1. The van der Waals surface area contributed by atoms with Crippen LogP contribution in [0.4, 0.5) is 11.4 Å². The van der Waals surface area contributed by atoms with Crippen molar-refractivity contribution in [1.82, 2.24) is 4.90 Å². The second-order valence-electron chi connectivity index (χ2n) is 4.62. The van der Waals surface area contributed by atoms with E-state index in [1.165, 1.54) is 6.07 Å². The van der Waals surface area contributed by atoms with Crippen molar-refractivity contribution >= 4 is 17.3 Å². The predicted octanol–water partition coefficient (Wildman–Crippen LogP) is 1.64. The minimum atomic E-state index is -0.483. The molecule has 1 unspecified atom stereocenters. The molecule has 1 heterocycles. The van der Waals surface area contributed by atoms with Crippen LogP contribution in [0.1, 0.15) is 13.3 Å². The maximum Gasteiger partial charge on any atom is 0.311 e. The molecule has 0 bridgehead atoms. The quantitative estimate of drug-likeness (QED) is 0.654. The zero-order valence-electron chi connectivity index (χ0n) is 11.5. The van der Waals surface area contributed by atoms with Gasteiger partial charge in [0.15, 0.2) is 5.75 Å². The lowest BCUT2D eigenvalue weighted by Gasteiger charge is -2.14. The van der Waals surface area contributed by atoms with E-state index in [1.807, 2.05) is 0 Å². The van der Waals surface area contributed by atoms with Crippen molar-refractivity contribution in [3.05, 3.63) is 28.3 Å². The van der Waals surface area contributed by atoms with Gasteiger partial charge in [-0.3, -0.25) is 14.9 Å². The SMILES string of the molecule is CCOc1cc(NC2CCN(C)C2=O)ccc1[N+](=O)[O-]. The van der Waals surface area contributed by atoms with Crippen LogP contribution in [-0.4, -0.2) is 42.0 Å². The number of nitrogens with one attached hydrogen (secondary N) is 1. The Hall–Kier alpha value is -2.31. The van der Waals surface area contributed by atoms with Gasteiger partial charge in [0, 0.05) is 31.4 Å². The van der Waals surface area contributed by atoms with Crippen molar-refractivity contribution in [3.8, 4) is 5.75 Å². The lowest BCUT2D eigenvalue weighted by molar-refractivity contribution is -0.385. The molecule has 1 amide bonds. The van der Waals surface area contributed by atoms with Gasteiger partial charge in [-0.2, -0.15) is 0 Å². The molecule has 7 heteroatoms. The van der Waals surface area contributed by atoms with Crippen molar-refractivity contribution in [2.75, 3.05) is 25.5 Å². The molecule has 2 rings (SSSR count). The topological polar surface area (TPSA) is 84.7 Å². The number of amides is 1. The van der Waals surface area contributed by atoms with Crippen molar-refractivity contribution in [1.29, 1.82) is 0 Å². The Balaban J connectivity index is 2.19. The molecule has 1 aliphatic heterocycles. The molecule has 20 heavy (non-hydrogen) atoms. The van der Waals surface area contributed by atoms with Gasteiger partial charge >= 0.3 is 5.69 Å². The van der Waals surface area contributed by atoms with Gasteiger partial charge in [-0.15, -0.1) is 0 Å². The molecule has 1 aromatic rings. The first-order valence-corrected chi connectivity index (χ1v) is 6.45. The average Bonchev–Trinajstić information content (AvgIpc) is 2.71. The highest BCUT2D eigenvalue weighted by Gasteiger charge is 2.29. The summed E-state index contributed by atoms with van der Waals surface area (Å²) in [6, 6.07) is 4.26. The number of likely N-dealkylation sites (tertiary alicyclic amines) is 1. The van der Waals surface area contributed by atoms with Gasteiger partial charge in [0.05, 0.1) is 11.5 Å². The minimum absolute atomic E-state index is 0.0290. The summed E-state index contributed by atoms with van der Waals surface area (Å²) in [5.74, 6) is 0.239. The van der Waals surface area contributed by atoms with Crippen LogP contribution in [0.5, 0.6) is 5.75 Å². The number of benzene rings is 1. The van der Waals surface area contributed by atoms with E-state index in [4.69, 9.17) is 4.74 Å². The molecular formula is C13H17N3O4. The van der Waals surface area contributed by atoms with E-state index in [9.17, 15) is 14.9 Å². The number of carbonyl (C=O) groups excluding carboxylic acids is 1. The number of likely N-dealkylation sites (N-methyl/N-ethyl adjacent to an activating group) is 1. The van der Waals surface area contributed by atoms with Gasteiger partial charge in [-0.05, 0) is 19.4 Å². The Labute approximate surface area is 116 Å². The number of nitro benzene ring substituents is 1. The second kappa shape index (κ2) is 5.77. The maximum absolute atomic E-state index is 11.8. The summed E-state index contributed by atoms with van der Waals surface area (Å²) in [4.78, 5) is 23.9. The van der Waals surface area contributed by atoms with Crippen LogP contribution in [0.2, 0.25) is 0 Å². The van der Waals surface area contributed by atoms with Crippen molar-refractivity contribution < 1.29 is 14.5 Å². The number of hydrogen-bond donors (Lipinski definition) is 1. The molecule has 1 fully saturated rings. The normalized spacial score (nSPS) is 18.2. The fourth-order valence-corrected chi connectivity index (χ4v) is 2.18. The fourth-order valence-electron chi connectivity index (χ4n) is 2.18. The average molecular weight is 279 g/mol. The number of rotatable bonds is 5. The molecule has 1 atom stereocenters. The van der Waals surface area contributed by atoms with Gasteiger partial charge in [0.1, 0.15) is 6.04 Å². The smallest absolute Gasteiger partial charge is 0.311 e. The summed E-state index contributed by atoms with van der Waals surface area (Å²) in [6.07, 6.45) is 0.719. The van der Waals surface area contributed by atoms with E-state index in [0.717, 1.165) is 6.42 Å². The maximum atomic E-state index is 11.8. The Morgan fingerprint density at radius 2 is 2.30 bits per heavy atom. The zero-order chi connectivity index (χ0) is 14.7. The van der Waals surface area contributed by atoms with Crippen LogP contribution < -0.4 is 10.1 Å². The highest BCUT2D eigenvalue weighted by atomic mass is 16.6. The summed E-state index contributed by atoms with van der Waals surface area (Å²) in [6.45, 7) is 2.82. The first-order valence-electron chi connectivity index (χ1n) is 6.45. The van der Waals surface area contributed by atoms with Crippen LogP contribution in [0.15, 0.2) is 18.2 Å². The van der Waals surface area contributed by atoms with Crippen LogP contribution >= 0.6 is 0 Å². The molecule has 0 spiro atoms. The van der Waals surface area contributed by atoms with Gasteiger partial charge < -0.3 is 15.0 Å². The number of carbonyl (C=O) groups is 1. The van der Waals surface area contributed by atoms with Crippen molar-refractivity contribution in [2.45, 2.75) is 19.4 Å². The molecule has 108 valence electrons.